The number of ketones is 1. The van der Waals surface area contributed by atoms with Crippen molar-refractivity contribution in [2.75, 3.05) is 13.2 Å². The lowest BCUT2D eigenvalue weighted by atomic mass is 9.94. The van der Waals surface area contributed by atoms with Gasteiger partial charge in [-0.15, -0.1) is 45.3 Å². The molecular weight excluding hydrogens is 669 g/mol. The second kappa shape index (κ2) is 17.8. The Morgan fingerprint density at radius 3 is 1.85 bits per heavy atom. The lowest BCUT2D eigenvalue weighted by Gasteiger charge is -2.19. The summed E-state index contributed by atoms with van der Waals surface area (Å²) in [5, 5.41) is 5.80. The summed E-state index contributed by atoms with van der Waals surface area (Å²) < 4.78 is 17.4. The molecule has 0 bridgehead atoms. The Morgan fingerprint density at radius 2 is 1.27 bits per heavy atom. The fraction of sp³-hybridized carbons (Fsp3) is 0.585. The summed E-state index contributed by atoms with van der Waals surface area (Å²) in [7, 11) is 0. The van der Waals surface area contributed by atoms with Gasteiger partial charge in [0.15, 0.2) is 5.78 Å². The fourth-order valence-electron chi connectivity index (χ4n) is 6.73. The number of unbranched alkanes of at least 4 members (excludes halogenated alkanes) is 3. The monoisotopic (exact) mass is 724 g/mol. The van der Waals surface area contributed by atoms with E-state index in [-0.39, 0.29) is 5.92 Å². The second-order valence-corrected chi connectivity index (χ2v) is 17.9. The van der Waals surface area contributed by atoms with E-state index < -0.39 is 0 Å². The largest absolute Gasteiger partial charge is 0.491 e. The van der Waals surface area contributed by atoms with Crippen LogP contribution < -0.4 is 9.47 Å². The molecule has 262 valence electrons. The molecule has 0 radical (unpaired) electrons. The topological polar surface area (TPSA) is 35.5 Å². The Labute approximate surface area is 305 Å². The Hall–Kier alpha value is -1.93. The van der Waals surface area contributed by atoms with E-state index >= 15 is 0 Å². The summed E-state index contributed by atoms with van der Waals surface area (Å²) in [6.45, 7) is 17.2. The fourth-order valence-corrected chi connectivity index (χ4v) is 11.5. The molecule has 4 aromatic heterocycles. The first-order valence-corrected chi connectivity index (χ1v) is 22.0. The molecule has 0 saturated carbocycles. The molecule has 0 aliphatic rings. The van der Waals surface area contributed by atoms with Crippen LogP contribution >= 0.6 is 45.3 Å². The molecule has 0 aliphatic carbocycles. The van der Waals surface area contributed by atoms with Crippen molar-refractivity contribution in [2.24, 2.45) is 17.8 Å². The van der Waals surface area contributed by atoms with E-state index in [1.54, 1.807) is 22.7 Å². The second-order valence-electron chi connectivity index (χ2n) is 13.6. The molecule has 0 N–H and O–H groups in total. The number of rotatable bonds is 21. The van der Waals surface area contributed by atoms with E-state index in [4.69, 9.17) is 9.47 Å². The number of carbonyl (C=O) groups excluding carboxylic acids is 1. The van der Waals surface area contributed by atoms with Crippen molar-refractivity contribution in [1.29, 1.82) is 0 Å². The molecule has 0 spiro atoms. The lowest BCUT2D eigenvalue weighted by molar-refractivity contribution is 0.0912. The van der Waals surface area contributed by atoms with Gasteiger partial charge in [0, 0.05) is 37.2 Å². The number of ether oxygens (including phenoxy) is 2. The molecule has 4 heterocycles. The SMILES string of the molecule is CCCCC(CC)COc1c2cc(-c3scc4cc(C(=O)C(CC)CCCC)sc34)sc2c(OCC(CC)CCCC)c2cc(C)sc12. The van der Waals surface area contributed by atoms with Crippen molar-refractivity contribution in [3.05, 3.63) is 33.3 Å². The zero-order valence-electron chi connectivity index (χ0n) is 30.3. The van der Waals surface area contributed by atoms with Crippen molar-refractivity contribution in [2.45, 2.75) is 126 Å². The summed E-state index contributed by atoms with van der Waals surface area (Å²) in [5.41, 5.74) is 0. The van der Waals surface area contributed by atoms with E-state index in [9.17, 15) is 4.79 Å². The maximum atomic E-state index is 13.6. The molecule has 1 aromatic carbocycles. The van der Waals surface area contributed by atoms with Gasteiger partial charge < -0.3 is 9.47 Å². The van der Waals surface area contributed by atoms with E-state index in [1.807, 2.05) is 22.7 Å². The summed E-state index contributed by atoms with van der Waals surface area (Å²) in [4.78, 5) is 18.3. The van der Waals surface area contributed by atoms with Gasteiger partial charge in [-0.25, -0.2) is 0 Å². The molecule has 0 aliphatic heterocycles. The number of benzene rings is 1. The molecule has 0 amide bonds. The first kappa shape index (κ1) is 37.3. The van der Waals surface area contributed by atoms with Gasteiger partial charge in [0.25, 0.3) is 0 Å². The first-order valence-electron chi connectivity index (χ1n) is 18.7. The van der Waals surface area contributed by atoms with Gasteiger partial charge in [0.1, 0.15) is 11.5 Å². The minimum absolute atomic E-state index is 0.119. The summed E-state index contributed by atoms with van der Waals surface area (Å²) in [5.74, 6) is 3.60. The molecular formula is C41H56O3S4. The van der Waals surface area contributed by atoms with Gasteiger partial charge in [0.05, 0.1) is 37.1 Å². The molecule has 7 heteroatoms. The van der Waals surface area contributed by atoms with Crippen molar-refractivity contribution in [3.8, 4) is 21.3 Å². The van der Waals surface area contributed by atoms with Crippen LogP contribution in [0.5, 0.6) is 11.5 Å². The molecule has 48 heavy (non-hydrogen) atoms. The molecule has 0 saturated heterocycles. The third-order valence-electron chi connectivity index (χ3n) is 10.0. The lowest BCUT2D eigenvalue weighted by Crippen LogP contribution is -2.12. The minimum atomic E-state index is 0.119. The smallest absolute Gasteiger partial charge is 0.175 e. The maximum absolute atomic E-state index is 13.6. The third-order valence-corrected chi connectivity index (χ3v) is 14.7. The van der Waals surface area contributed by atoms with Crippen LogP contribution in [0.4, 0.5) is 0 Å². The Morgan fingerprint density at radius 1 is 0.688 bits per heavy atom. The van der Waals surface area contributed by atoms with Crippen molar-refractivity contribution in [1.82, 2.24) is 0 Å². The van der Waals surface area contributed by atoms with Crippen LogP contribution in [0.25, 0.3) is 40.0 Å². The van der Waals surface area contributed by atoms with Gasteiger partial charge in [0.2, 0.25) is 0 Å². The number of fused-ring (bicyclic) bond motifs is 3. The summed E-state index contributed by atoms with van der Waals surface area (Å²) >= 11 is 7.16. The first-order chi connectivity index (χ1) is 23.4. The number of carbonyl (C=O) groups is 1. The highest BCUT2D eigenvalue weighted by atomic mass is 32.1. The van der Waals surface area contributed by atoms with Crippen LogP contribution in [0.3, 0.4) is 0 Å². The van der Waals surface area contributed by atoms with Gasteiger partial charge in [-0.3, -0.25) is 4.79 Å². The van der Waals surface area contributed by atoms with Gasteiger partial charge in [-0.1, -0.05) is 92.9 Å². The van der Waals surface area contributed by atoms with E-state index in [0.717, 1.165) is 68.1 Å². The quantitative estimate of drug-likeness (QED) is 0.0707. The van der Waals surface area contributed by atoms with Crippen LogP contribution in [-0.2, 0) is 0 Å². The highest BCUT2D eigenvalue weighted by molar-refractivity contribution is 7.31. The molecule has 5 aromatic rings. The van der Waals surface area contributed by atoms with Crippen LogP contribution in [-0.4, -0.2) is 19.0 Å². The highest BCUT2D eigenvalue weighted by Crippen LogP contribution is 2.53. The van der Waals surface area contributed by atoms with Crippen molar-refractivity contribution >= 4 is 81.4 Å². The van der Waals surface area contributed by atoms with E-state index in [1.165, 1.54) is 83.4 Å². The minimum Gasteiger partial charge on any atom is -0.491 e. The average molecular weight is 725 g/mol. The number of hydrogen-bond donors (Lipinski definition) is 0. The number of hydrogen-bond acceptors (Lipinski definition) is 7. The Balaban J connectivity index is 1.60. The zero-order chi connectivity index (χ0) is 34.2. The number of Topliss-reactive ketones (excluding diaryl/α,β-unsaturated/α-hetero) is 1. The van der Waals surface area contributed by atoms with E-state index in [2.05, 4.69) is 72.0 Å². The van der Waals surface area contributed by atoms with Crippen molar-refractivity contribution in [3.63, 3.8) is 0 Å². The summed E-state index contributed by atoms with van der Waals surface area (Å²) in [6.07, 6.45) is 13.7. The number of thiophene rings is 4. The van der Waals surface area contributed by atoms with Crippen LogP contribution in [0.15, 0.2) is 23.6 Å². The van der Waals surface area contributed by atoms with Crippen LogP contribution in [0.1, 0.15) is 133 Å². The standard InChI is InChI=1S/C41H56O3S4/c1-8-14-17-27(11-4)23-43-36-31-20-26(7)46-39(31)37(44-24-28(12-5)18-15-9-2)32-22-34(48-40(32)36)41-38-30(25-45-41)21-33(47-38)35(42)29(13-6)19-16-10-3/h20-22,25,27-29H,8-19,23-24H2,1-7H3. The predicted molar refractivity (Wildman–Crippen MR) is 216 cm³/mol. The van der Waals surface area contributed by atoms with E-state index in [0.29, 0.717) is 17.6 Å². The van der Waals surface area contributed by atoms with Crippen LogP contribution in [0.2, 0.25) is 0 Å². The molecule has 0 fully saturated rings. The molecule has 3 atom stereocenters. The van der Waals surface area contributed by atoms with Gasteiger partial charge in [-0.05, 0) is 62.6 Å². The highest BCUT2D eigenvalue weighted by Gasteiger charge is 2.26. The Kier molecular flexibility index (Phi) is 13.9. The maximum Gasteiger partial charge on any atom is 0.175 e. The van der Waals surface area contributed by atoms with Crippen LogP contribution in [0, 0.1) is 24.7 Å². The Bertz CT molecular complexity index is 1690. The normalized spacial score (nSPS) is 13.9. The van der Waals surface area contributed by atoms with Gasteiger partial charge >= 0.3 is 0 Å². The van der Waals surface area contributed by atoms with Gasteiger partial charge in [-0.2, -0.15) is 0 Å². The summed E-state index contributed by atoms with van der Waals surface area (Å²) in [6, 6.07) is 6.82. The molecule has 3 unspecified atom stereocenters. The van der Waals surface area contributed by atoms with Crippen molar-refractivity contribution < 1.29 is 14.3 Å². The molecule has 3 nitrogen and oxygen atoms in total. The molecule has 5 rings (SSSR count). The predicted octanol–water partition coefficient (Wildman–Crippen LogP) is 15.0. The zero-order valence-corrected chi connectivity index (χ0v) is 33.6. The third kappa shape index (κ3) is 8.33. The average Bonchev–Trinajstić information content (AvgIpc) is 3.88. The number of aryl methyl sites for hydroxylation is 1.